The second-order valence-electron chi connectivity index (χ2n) is 4.99. The maximum Gasteiger partial charge on any atom is 0.124 e. The summed E-state index contributed by atoms with van der Waals surface area (Å²) in [6.45, 7) is 0.891. The van der Waals surface area contributed by atoms with Crippen LogP contribution in [0.1, 0.15) is 31.2 Å². The zero-order chi connectivity index (χ0) is 13.0. The number of nitrogens with one attached hydrogen (secondary N) is 1. The first-order valence-electron chi connectivity index (χ1n) is 6.48. The molecule has 1 aromatic rings. The molecule has 0 spiro atoms. The molecular weight excluding hydrogens is 297 g/mol. The van der Waals surface area contributed by atoms with Gasteiger partial charge in [0.15, 0.2) is 0 Å². The minimum Gasteiger partial charge on any atom is -0.396 e. The van der Waals surface area contributed by atoms with Crippen LogP contribution in [-0.2, 0) is 6.54 Å². The normalized spacial score (nSPS) is 24.2. The molecule has 2 atom stereocenters. The lowest BCUT2D eigenvalue weighted by Crippen LogP contribution is -2.39. The zero-order valence-corrected chi connectivity index (χ0v) is 11.9. The lowest BCUT2D eigenvalue weighted by molar-refractivity contribution is 0.152. The molecule has 1 aliphatic rings. The summed E-state index contributed by atoms with van der Waals surface area (Å²) in [6, 6.07) is 5.29. The average Bonchev–Trinajstić information content (AvgIpc) is 2.35. The summed E-state index contributed by atoms with van der Waals surface area (Å²) in [7, 11) is 0. The molecule has 0 amide bonds. The van der Waals surface area contributed by atoms with Crippen molar-refractivity contribution in [3.8, 4) is 0 Å². The monoisotopic (exact) mass is 315 g/mol. The molecule has 0 saturated heterocycles. The van der Waals surface area contributed by atoms with Gasteiger partial charge in [0.2, 0.25) is 0 Å². The molecule has 1 aromatic carbocycles. The van der Waals surface area contributed by atoms with Crippen LogP contribution in [-0.4, -0.2) is 17.8 Å². The second kappa shape index (κ2) is 6.64. The number of aliphatic hydroxyl groups is 1. The van der Waals surface area contributed by atoms with Gasteiger partial charge >= 0.3 is 0 Å². The van der Waals surface area contributed by atoms with E-state index in [-0.39, 0.29) is 12.4 Å². The van der Waals surface area contributed by atoms with Crippen LogP contribution in [0.3, 0.4) is 0 Å². The SMILES string of the molecule is OCC1CCCCC1NCc1cc(F)cc(Br)c1. The summed E-state index contributed by atoms with van der Waals surface area (Å²) in [6.07, 6.45) is 4.60. The summed E-state index contributed by atoms with van der Waals surface area (Å²) in [5.41, 5.74) is 0.934. The zero-order valence-electron chi connectivity index (χ0n) is 10.3. The van der Waals surface area contributed by atoms with E-state index in [2.05, 4.69) is 21.2 Å². The van der Waals surface area contributed by atoms with E-state index in [0.29, 0.717) is 18.5 Å². The fourth-order valence-corrected chi connectivity index (χ4v) is 3.17. The number of benzene rings is 1. The third kappa shape index (κ3) is 3.77. The van der Waals surface area contributed by atoms with Gasteiger partial charge in [0.25, 0.3) is 0 Å². The van der Waals surface area contributed by atoms with Crippen molar-refractivity contribution in [3.63, 3.8) is 0 Å². The summed E-state index contributed by atoms with van der Waals surface area (Å²) in [5.74, 6) is 0.124. The van der Waals surface area contributed by atoms with Crippen molar-refractivity contribution in [3.05, 3.63) is 34.1 Å². The Balaban J connectivity index is 1.93. The molecule has 0 bridgehead atoms. The molecule has 0 aliphatic heterocycles. The van der Waals surface area contributed by atoms with Crippen LogP contribution in [0.4, 0.5) is 4.39 Å². The van der Waals surface area contributed by atoms with E-state index in [1.165, 1.54) is 18.9 Å². The second-order valence-corrected chi connectivity index (χ2v) is 5.91. The molecule has 2 N–H and O–H groups in total. The van der Waals surface area contributed by atoms with Crippen LogP contribution in [0, 0.1) is 11.7 Å². The van der Waals surface area contributed by atoms with E-state index in [4.69, 9.17) is 0 Å². The number of hydrogen-bond acceptors (Lipinski definition) is 2. The number of aliphatic hydroxyl groups excluding tert-OH is 1. The Morgan fingerprint density at radius 1 is 1.28 bits per heavy atom. The van der Waals surface area contributed by atoms with E-state index >= 15 is 0 Å². The highest BCUT2D eigenvalue weighted by molar-refractivity contribution is 9.10. The smallest absolute Gasteiger partial charge is 0.124 e. The standard InChI is InChI=1S/C14H19BrFNO/c15-12-5-10(6-13(16)7-12)8-17-14-4-2-1-3-11(14)9-18/h5-7,11,14,17-18H,1-4,8-9H2. The molecule has 18 heavy (non-hydrogen) atoms. The summed E-state index contributed by atoms with van der Waals surface area (Å²) in [4.78, 5) is 0. The van der Waals surface area contributed by atoms with Gasteiger partial charge in [-0.25, -0.2) is 4.39 Å². The Hall–Kier alpha value is -0.450. The lowest BCUT2D eigenvalue weighted by atomic mass is 9.85. The van der Waals surface area contributed by atoms with Gasteiger partial charge in [0, 0.05) is 23.7 Å². The van der Waals surface area contributed by atoms with E-state index in [1.807, 2.05) is 6.07 Å². The highest BCUT2D eigenvalue weighted by atomic mass is 79.9. The molecular formula is C14H19BrFNO. The van der Waals surface area contributed by atoms with Gasteiger partial charge in [-0.15, -0.1) is 0 Å². The maximum atomic E-state index is 13.2. The molecule has 0 aromatic heterocycles. The molecule has 0 radical (unpaired) electrons. The van der Waals surface area contributed by atoms with Gasteiger partial charge in [-0.05, 0) is 42.5 Å². The highest BCUT2D eigenvalue weighted by Gasteiger charge is 2.23. The molecule has 1 saturated carbocycles. The van der Waals surface area contributed by atoms with Crippen molar-refractivity contribution in [2.24, 2.45) is 5.92 Å². The van der Waals surface area contributed by atoms with Gasteiger partial charge in [0.05, 0.1) is 0 Å². The first kappa shape index (κ1) is 14.0. The molecule has 2 nitrogen and oxygen atoms in total. The van der Waals surface area contributed by atoms with Crippen molar-refractivity contribution in [1.29, 1.82) is 0 Å². The van der Waals surface area contributed by atoms with Gasteiger partial charge in [-0.2, -0.15) is 0 Å². The van der Waals surface area contributed by atoms with Crippen molar-refractivity contribution in [1.82, 2.24) is 5.32 Å². The summed E-state index contributed by atoms with van der Waals surface area (Å²) in [5, 5.41) is 12.8. The first-order chi connectivity index (χ1) is 8.69. The third-order valence-electron chi connectivity index (χ3n) is 3.63. The van der Waals surface area contributed by atoms with Gasteiger partial charge < -0.3 is 10.4 Å². The Labute approximate surface area is 116 Å². The van der Waals surface area contributed by atoms with E-state index in [1.54, 1.807) is 6.07 Å². The van der Waals surface area contributed by atoms with Crippen molar-refractivity contribution >= 4 is 15.9 Å². The lowest BCUT2D eigenvalue weighted by Gasteiger charge is -2.31. The molecule has 100 valence electrons. The Morgan fingerprint density at radius 2 is 2.06 bits per heavy atom. The summed E-state index contributed by atoms with van der Waals surface area (Å²) < 4.78 is 14.0. The van der Waals surface area contributed by atoms with Crippen molar-refractivity contribution in [2.45, 2.75) is 38.3 Å². The quantitative estimate of drug-likeness (QED) is 0.894. The minimum absolute atomic E-state index is 0.219. The van der Waals surface area contributed by atoms with Crippen LogP contribution >= 0.6 is 15.9 Å². The summed E-state index contributed by atoms with van der Waals surface area (Å²) >= 11 is 3.30. The van der Waals surface area contributed by atoms with Crippen LogP contribution in [0.5, 0.6) is 0 Å². The topological polar surface area (TPSA) is 32.3 Å². The van der Waals surface area contributed by atoms with E-state index in [0.717, 1.165) is 22.9 Å². The van der Waals surface area contributed by atoms with E-state index < -0.39 is 0 Å². The van der Waals surface area contributed by atoms with Gasteiger partial charge in [-0.1, -0.05) is 28.8 Å². The molecule has 0 heterocycles. The van der Waals surface area contributed by atoms with Crippen LogP contribution in [0.2, 0.25) is 0 Å². The number of hydrogen-bond donors (Lipinski definition) is 2. The van der Waals surface area contributed by atoms with E-state index in [9.17, 15) is 9.50 Å². The average molecular weight is 316 g/mol. The van der Waals surface area contributed by atoms with Gasteiger partial charge in [0.1, 0.15) is 5.82 Å². The molecule has 2 unspecified atom stereocenters. The third-order valence-corrected chi connectivity index (χ3v) is 4.09. The molecule has 1 aliphatic carbocycles. The number of rotatable bonds is 4. The minimum atomic E-state index is -0.219. The Morgan fingerprint density at radius 3 is 2.78 bits per heavy atom. The first-order valence-corrected chi connectivity index (χ1v) is 7.27. The fourth-order valence-electron chi connectivity index (χ4n) is 2.66. The Kier molecular flexibility index (Phi) is 5.15. The molecule has 4 heteroatoms. The fraction of sp³-hybridized carbons (Fsp3) is 0.571. The Bertz CT molecular complexity index is 379. The predicted octanol–water partition coefficient (Wildman–Crippen LogP) is 3.23. The highest BCUT2D eigenvalue weighted by Crippen LogP contribution is 2.24. The molecule has 2 rings (SSSR count). The van der Waals surface area contributed by atoms with Crippen LogP contribution < -0.4 is 5.32 Å². The predicted molar refractivity (Wildman–Crippen MR) is 73.8 cm³/mol. The largest absolute Gasteiger partial charge is 0.396 e. The number of halogens is 2. The van der Waals surface area contributed by atoms with Gasteiger partial charge in [-0.3, -0.25) is 0 Å². The van der Waals surface area contributed by atoms with Crippen molar-refractivity contribution in [2.75, 3.05) is 6.61 Å². The van der Waals surface area contributed by atoms with Crippen LogP contribution in [0.25, 0.3) is 0 Å². The van der Waals surface area contributed by atoms with Crippen molar-refractivity contribution < 1.29 is 9.50 Å². The maximum absolute atomic E-state index is 13.2. The molecule has 1 fully saturated rings. The van der Waals surface area contributed by atoms with Crippen LogP contribution in [0.15, 0.2) is 22.7 Å².